The summed E-state index contributed by atoms with van der Waals surface area (Å²) in [6.07, 6.45) is -2.28. The Kier molecular flexibility index (Phi) is 7.22. The van der Waals surface area contributed by atoms with E-state index < -0.39 is 67.7 Å². The van der Waals surface area contributed by atoms with Gasteiger partial charge >= 0.3 is 13.6 Å². The Balaban J connectivity index is 1.22. The highest BCUT2D eigenvalue weighted by atomic mass is 32.7. The fourth-order valence-corrected chi connectivity index (χ4v) is 9.46. The van der Waals surface area contributed by atoms with Gasteiger partial charge in [0.25, 0.3) is 5.56 Å². The molecule has 43 heavy (non-hydrogen) atoms. The number of fused-ring (bicyclic) bond motifs is 5. The second-order valence-electron chi connectivity index (χ2n) is 10.5. The second-order valence-corrected chi connectivity index (χ2v) is 16.2. The van der Waals surface area contributed by atoms with Crippen LogP contribution in [0.5, 0.6) is 0 Å². The number of nitrogens with two attached hydrogens (primary N) is 1. The number of halogens is 1. The van der Waals surface area contributed by atoms with E-state index >= 15 is 4.39 Å². The highest BCUT2D eigenvalue weighted by Crippen LogP contribution is 2.63. The van der Waals surface area contributed by atoms with Gasteiger partial charge in [-0.2, -0.15) is 0 Å². The van der Waals surface area contributed by atoms with Crippen LogP contribution in [-0.4, -0.2) is 81.3 Å². The lowest BCUT2D eigenvalue weighted by atomic mass is 10.1. The van der Waals surface area contributed by atoms with Crippen LogP contribution in [0.25, 0.3) is 22.3 Å². The molecule has 0 amide bonds. The molecule has 230 valence electrons. The van der Waals surface area contributed by atoms with Crippen molar-refractivity contribution in [3.8, 4) is 0 Å². The van der Waals surface area contributed by atoms with Gasteiger partial charge in [0.1, 0.15) is 36.3 Å². The Morgan fingerprint density at radius 2 is 1.65 bits per heavy atom. The van der Waals surface area contributed by atoms with Crippen LogP contribution in [0.4, 0.5) is 10.2 Å². The zero-order chi connectivity index (χ0) is 30.3. The topological polar surface area (TPSA) is 224 Å². The molecule has 17 nitrogen and oxygen atoms in total. The summed E-state index contributed by atoms with van der Waals surface area (Å²) in [6, 6.07) is -1.80. The third kappa shape index (κ3) is 5.11. The van der Waals surface area contributed by atoms with E-state index in [2.05, 4.69) is 54.4 Å². The normalized spacial score (nSPS) is 38.6. The molecule has 2 aliphatic carbocycles. The first kappa shape index (κ1) is 29.3. The predicted molar refractivity (Wildman–Crippen MR) is 153 cm³/mol. The molecule has 2 bridgehead atoms. The number of aromatic nitrogens is 8. The molecule has 5 heterocycles. The molecule has 1 aliphatic heterocycles. The van der Waals surface area contributed by atoms with Gasteiger partial charge in [-0.3, -0.25) is 18.4 Å². The number of nitrogens with one attached hydrogen (secondary N) is 1. The van der Waals surface area contributed by atoms with Gasteiger partial charge in [-0.15, -0.1) is 0 Å². The van der Waals surface area contributed by atoms with E-state index in [0.29, 0.717) is 0 Å². The molecule has 4 aromatic heterocycles. The second kappa shape index (κ2) is 10.6. The minimum atomic E-state index is -4.35. The van der Waals surface area contributed by atoms with Gasteiger partial charge in [0.2, 0.25) is 0 Å². The number of hydrogen-bond acceptors (Lipinski definition) is 14. The number of aromatic amines is 1. The van der Waals surface area contributed by atoms with E-state index in [-0.39, 0.29) is 47.6 Å². The van der Waals surface area contributed by atoms with Crippen molar-refractivity contribution in [2.24, 2.45) is 5.92 Å². The van der Waals surface area contributed by atoms with Crippen molar-refractivity contribution in [2.45, 2.75) is 55.5 Å². The summed E-state index contributed by atoms with van der Waals surface area (Å²) in [5.74, 6) is -0.709. The van der Waals surface area contributed by atoms with E-state index in [1.54, 1.807) is 0 Å². The molecule has 2 unspecified atom stereocenters. The Labute approximate surface area is 251 Å². The highest BCUT2D eigenvalue weighted by Gasteiger charge is 2.54. The van der Waals surface area contributed by atoms with Gasteiger partial charge in [0.05, 0.1) is 43.8 Å². The number of imidazole rings is 2. The maximum Gasteiger partial charge on any atom is 0.386 e. The van der Waals surface area contributed by atoms with Crippen LogP contribution < -0.4 is 11.3 Å². The van der Waals surface area contributed by atoms with Crippen LogP contribution in [0.3, 0.4) is 0 Å². The van der Waals surface area contributed by atoms with Crippen molar-refractivity contribution in [3.05, 3.63) is 35.7 Å². The number of thiol groups is 2. The summed E-state index contributed by atoms with van der Waals surface area (Å²) in [7, 11) is 0. The third-order valence-corrected chi connectivity index (χ3v) is 11.2. The number of hydrogen-bond donors (Lipinski definition) is 5. The molecule has 4 N–H and O–H groups in total. The van der Waals surface area contributed by atoms with Crippen molar-refractivity contribution in [3.63, 3.8) is 0 Å². The molecule has 0 spiro atoms. The van der Waals surface area contributed by atoms with Crippen molar-refractivity contribution in [1.29, 1.82) is 0 Å². The third-order valence-electron chi connectivity index (χ3n) is 7.96. The smallest absolute Gasteiger partial charge is 0.386 e. The molecule has 7 rings (SSSR count). The Morgan fingerprint density at radius 1 is 0.953 bits per heavy atom. The van der Waals surface area contributed by atoms with Crippen LogP contribution in [0.15, 0.2) is 30.1 Å². The van der Waals surface area contributed by atoms with Crippen molar-refractivity contribution >= 4 is 66.2 Å². The van der Waals surface area contributed by atoms with Crippen molar-refractivity contribution in [1.82, 2.24) is 39.0 Å². The quantitative estimate of drug-likeness (QED) is 0.151. The first-order valence-electron chi connectivity index (χ1n) is 12.9. The van der Waals surface area contributed by atoms with Gasteiger partial charge in [-0.1, -0.05) is 24.5 Å². The van der Waals surface area contributed by atoms with E-state index in [1.807, 2.05) is 0 Å². The average molecular weight is 676 g/mol. The van der Waals surface area contributed by atoms with Gasteiger partial charge in [0.15, 0.2) is 22.6 Å². The summed E-state index contributed by atoms with van der Waals surface area (Å²) in [5.41, 5.74) is 6.11. The summed E-state index contributed by atoms with van der Waals surface area (Å²) in [6.45, 7) is -8.96. The van der Waals surface area contributed by atoms with Gasteiger partial charge in [0, 0.05) is 12.3 Å². The van der Waals surface area contributed by atoms with Crippen LogP contribution in [0, 0.1) is 5.92 Å². The molecule has 2 saturated carbocycles. The lowest BCUT2D eigenvalue weighted by molar-refractivity contribution is -0.0256. The lowest BCUT2D eigenvalue weighted by Gasteiger charge is -2.30. The minimum Gasteiger partial charge on any atom is -0.388 e. The standard InChI is InChI=1S/C21H24FN9O8P2S2/c22-12-9(30-6-28-13-18(23)24-4-25-19(13)30)1-8-3-36-40(34,42)39-17-10(31-7-29-14-20(31)26-5-27-21(14)33)2-11(15(17)32)37-41(35,43)38-16(8)12/h4-12,15-17,32H,1-3H2,(H,34,42)(H,35,43)(H2,23,24,25)(H,26,27,33)/t8-,9-,10-,11+,12+,15-,16-,17+,40?,41?/m1/s1. The van der Waals surface area contributed by atoms with Gasteiger partial charge < -0.3 is 29.5 Å². The highest BCUT2D eigenvalue weighted by molar-refractivity contribution is 8.44. The minimum absolute atomic E-state index is 0.0164. The Hall–Kier alpha value is -2.41. The predicted octanol–water partition coefficient (Wildman–Crippen LogP) is 2.01. The number of H-pyrrole nitrogens is 1. The SMILES string of the molecule is Nc1ncnc2c1ncn2[C@@H]1C[C@@H]2COP(=O)(S)O[C@@H]3[C@H](O)[C@H](C[C@H]3n3cnc4c(=O)[nH]cnc43)OP(=O)(S)O[C@H]2[C@H]1F. The van der Waals surface area contributed by atoms with E-state index in [9.17, 15) is 19.0 Å². The maximum atomic E-state index is 16.1. The monoisotopic (exact) mass is 675 g/mol. The molecule has 10 atom stereocenters. The number of alkyl halides is 1. The Morgan fingerprint density at radius 3 is 2.44 bits per heavy atom. The largest absolute Gasteiger partial charge is 0.388 e. The van der Waals surface area contributed by atoms with Gasteiger partial charge in [-0.05, 0) is 6.42 Å². The zero-order valence-corrected chi connectivity index (χ0v) is 25.3. The molecule has 0 aromatic carbocycles. The average Bonchev–Trinajstić information content (AvgIpc) is 3.70. The van der Waals surface area contributed by atoms with Gasteiger partial charge in [-0.25, -0.2) is 38.4 Å². The van der Waals surface area contributed by atoms with Crippen LogP contribution in [-0.2, 0) is 27.2 Å². The molecule has 0 radical (unpaired) electrons. The number of nitrogen functional groups attached to an aromatic ring is 1. The zero-order valence-electron chi connectivity index (χ0n) is 21.7. The molecule has 4 aromatic rings. The number of anilines is 1. The summed E-state index contributed by atoms with van der Waals surface area (Å²) in [5, 5.41) is 11.2. The maximum absolute atomic E-state index is 16.1. The van der Waals surface area contributed by atoms with Crippen molar-refractivity contribution in [2.75, 3.05) is 12.3 Å². The molecule has 1 saturated heterocycles. The number of aliphatic hydroxyl groups is 1. The number of aliphatic hydroxyl groups excluding tert-OH is 1. The molecule has 3 aliphatic rings. The summed E-state index contributed by atoms with van der Waals surface area (Å²) >= 11 is 8.23. The molecule has 3 fully saturated rings. The van der Waals surface area contributed by atoms with Crippen LogP contribution in [0.2, 0.25) is 0 Å². The fourth-order valence-electron chi connectivity index (χ4n) is 6.03. The summed E-state index contributed by atoms with van der Waals surface area (Å²) in [4.78, 5) is 35.1. The summed E-state index contributed by atoms with van der Waals surface area (Å²) < 4.78 is 68.8. The van der Waals surface area contributed by atoms with Crippen LogP contribution >= 0.6 is 38.1 Å². The fraction of sp³-hybridized carbons (Fsp3) is 0.524. The number of rotatable bonds is 2. The first-order valence-corrected chi connectivity index (χ1v) is 18.3. The molecule has 22 heteroatoms. The lowest BCUT2D eigenvalue weighted by Crippen LogP contribution is -2.35. The van der Waals surface area contributed by atoms with E-state index in [1.165, 1.54) is 34.4 Å². The molecular formula is C21H24FN9O8P2S2. The molecular weight excluding hydrogens is 651 g/mol. The number of nitrogens with zero attached hydrogens (tertiary/aromatic N) is 7. The first-order chi connectivity index (χ1) is 20.4. The van der Waals surface area contributed by atoms with E-state index in [0.717, 1.165) is 0 Å². The van der Waals surface area contributed by atoms with Crippen LogP contribution in [0.1, 0.15) is 24.9 Å². The Bertz CT molecular complexity index is 1880. The van der Waals surface area contributed by atoms with E-state index in [4.69, 9.17) is 23.8 Å². The van der Waals surface area contributed by atoms with Crippen molar-refractivity contribution < 1.29 is 36.7 Å².